The highest BCUT2D eigenvalue weighted by atomic mass is 32.2. The van der Waals surface area contributed by atoms with E-state index in [1.54, 1.807) is 10.3 Å². The Labute approximate surface area is 374 Å². The lowest BCUT2D eigenvalue weighted by Crippen LogP contribution is -2.74. The van der Waals surface area contributed by atoms with Crippen LogP contribution < -0.4 is 10.6 Å². The molecular weight excluding hydrogens is 831 g/mol. The maximum atomic E-state index is 14.6. The number of anilines is 1. The van der Waals surface area contributed by atoms with E-state index in [4.69, 9.17) is 19.3 Å². The Hall–Kier alpha value is -6.28. The van der Waals surface area contributed by atoms with Crippen LogP contribution in [0.3, 0.4) is 0 Å². The van der Waals surface area contributed by atoms with Crippen molar-refractivity contribution >= 4 is 51.7 Å². The number of thioether (sulfide) groups is 1. The Morgan fingerprint density at radius 3 is 1.94 bits per heavy atom. The van der Waals surface area contributed by atoms with Crippen LogP contribution in [0.25, 0.3) is 0 Å². The zero-order valence-corrected chi connectivity index (χ0v) is 36.3. The Balaban J connectivity index is 0.938. The van der Waals surface area contributed by atoms with Gasteiger partial charge in [-0.15, -0.1) is 23.1 Å². The molecule has 63 heavy (non-hydrogen) atoms. The third-order valence-electron chi connectivity index (χ3n) is 12.0. The van der Waals surface area contributed by atoms with E-state index in [2.05, 4.69) is 52.2 Å². The van der Waals surface area contributed by atoms with Gasteiger partial charge in [0.05, 0.1) is 11.5 Å². The van der Waals surface area contributed by atoms with Crippen molar-refractivity contribution < 1.29 is 28.7 Å². The maximum Gasteiger partial charge on any atom is 0.315 e. The van der Waals surface area contributed by atoms with E-state index in [0.29, 0.717) is 23.9 Å². The summed E-state index contributed by atoms with van der Waals surface area (Å²) >= 11 is 2.80. The number of β-lactam (4-membered cyclic amide) rings is 1. The maximum absolute atomic E-state index is 14.6. The summed E-state index contributed by atoms with van der Waals surface area (Å²) in [6.07, 6.45) is 1.41. The summed E-state index contributed by atoms with van der Waals surface area (Å²) in [7, 11) is 1.37. The first-order valence-corrected chi connectivity index (χ1v) is 23.0. The number of carbonyl (C=O) groups excluding carboxylic acids is 3. The molecular formula is C50H47N5O6S2. The number of rotatable bonds is 15. The first kappa shape index (κ1) is 42.0. The lowest BCUT2D eigenvalue weighted by Gasteiger charge is -2.54. The van der Waals surface area contributed by atoms with Crippen molar-refractivity contribution in [1.29, 1.82) is 0 Å². The average Bonchev–Trinajstić information content (AvgIpc) is 4.04. The minimum absolute atomic E-state index is 0.0669. The fourth-order valence-corrected chi connectivity index (χ4v) is 11.2. The highest BCUT2D eigenvalue weighted by molar-refractivity contribution is 8.00. The monoisotopic (exact) mass is 877 g/mol. The Bertz CT molecular complexity index is 2410. The van der Waals surface area contributed by atoms with Crippen LogP contribution in [0.5, 0.6) is 0 Å². The van der Waals surface area contributed by atoms with Crippen LogP contribution in [0.2, 0.25) is 0 Å². The van der Waals surface area contributed by atoms with Gasteiger partial charge in [-0.3, -0.25) is 14.4 Å². The number of aromatic nitrogens is 1. The molecule has 0 saturated carbocycles. The largest absolute Gasteiger partial charge is 0.452 e. The highest BCUT2D eigenvalue weighted by Gasteiger charge is 2.59. The van der Waals surface area contributed by atoms with Crippen LogP contribution in [0.4, 0.5) is 5.13 Å². The van der Waals surface area contributed by atoms with E-state index in [9.17, 15) is 14.4 Å². The number of oxime groups is 1. The van der Waals surface area contributed by atoms with Crippen molar-refractivity contribution in [2.45, 2.75) is 48.4 Å². The summed E-state index contributed by atoms with van der Waals surface area (Å²) in [4.78, 5) is 54.5. The first-order chi connectivity index (χ1) is 30.9. The lowest BCUT2D eigenvalue weighted by atomic mass is 9.77. The van der Waals surface area contributed by atoms with Gasteiger partial charge in [0, 0.05) is 24.3 Å². The Kier molecular flexibility index (Phi) is 12.4. The predicted molar refractivity (Wildman–Crippen MR) is 245 cm³/mol. The molecule has 1 aromatic heterocycles. The molecule has 2 N–H and O–H groups in total. The number of benzene rings is 5. The summed E-state index contributed by atoms with van der Waals surface area (Å²) < 4.78 is 12.5. The minimum Gasteiger partial charge on any atom is -0.452 e. The second-order valence-electron chi connectivity index (χ2n) is 16.0. The van der Waals surface area contributed by atoms with Gasteiger partial charge in [0.25, 0.3) is 5.91 Å². The van der Waals surface area contributed by atoms with Crippen LogP contribution in [0.15, 0.2) is 162 Å². The van der Waals surface area contributed by atoms with Crippen molar-refractivity contribution in [2.24, 2.45) is 10.6 Å². The third-order valence-corrected chi connectivity index (χ3v) is 14.3. The number of fused-ring (bicyclic) bond motifs is 1. The number of ether oxygens (including phenoxy) is 2. The van der Waals surface area contributed by atoms with E-state index >= 15 is 0 Å². The number of thiazole rings is 1. The van der Waals surface area contributed by atoms with Crippen molar-refractivity contribution in [3.05, 3.63) is 191 Å². The van der Waals surface area contributed by atoms with Gasteiger partial charge < -0.3 is 29.8 Å². The second-order valence-corrected chi connectivity index (χ2v) is 17.9. The standard InChI is InChI=1S/C50H47N5O6S2/c1-59-54-41(40-31-62-48(51-40)53-50(36-22-11-4-12-23-36,37-24-13-5-14-25-37)38-26-15-6-16-27-38)44(56)52-42-45(57)55-32-49(33-63-46(42)55,30-39-28-17-29-60-39)47(58)61-43(34-18-7-2-8-19-34)35-20-9-3-10-21-35/h2-16,18-27,31,39,42-43,46H,17,28-30,32-33H2,1H3,(H,51,53)(H,52,56)/t39?,42?,46-,49?/m1/s1. The first-order valence-electron chi connectivity index (χ1n) is 21.1. The van der Waals surface area contributed by atoms with E-state index in [0.717, 1.165) is 40.7 Å². The van der Waals surface area contributed by atoms with Gasteiger partial charge in [0.1, 0.15) is 29.8 Å². The molecule has 13 heteroatoms. The Morgan fingerprint density at radius 1 is 0.857 bits per heavy atom. The number of esters is 1. The number of amides is 2. The molecule has 0 aliphatic carbocycles. The number of nitrogens with zero attached hydrogens (tertiary/aromatic N) is 3. The molecule has 4 heterocycles. The van der Waals surface area contributed by atoms with Crippen LogP contribution >= 0.6 is 23.1 Å². The molecule has 2 amide bonds. The van der Waals surface area contributed by atoms with E-state index in [1.165, 1.54) is 30.2 Å². The minimum atomic E-state index is -1.02. The molecule has 11 nitrogen and oxygen atoms in total. The van der Waals surface area contributed by atoms with Gasteiger partial charge in [0.2, 0.25) is 5.91 Å². The van der Waals surface area contributed by atoms with Crippen LogP contribution in [-0.2, 0) is 34.2 Å². The van der Waals surface area contributed by atoms with Crippen molar-refractivity contribution in [1.82, 2.24) is 15.2 Å². The van der Waals surface area contributed by atoms with Gasteiger partial charge >= 0.3 is 5.97 Å². The summed E-state index contributed by atoms with van der Waals surface area (Å²) in [5.41, 5.74) is 3.07. The van der Waals surface area contributed by atoms with Crippen LogP contribution in [-0.4, -0.2) is 76.9 Å². The van der Waals surface area contributed by atoms with Crippen molar-refractivity contribution in [2.75, 3.05) is 31.3 Å². The van der Waals surface area contributed by atoms with Crippen molar-refractivity contribution in [3.8, 4) is 0 Å². The van der Waals surface area contributed by atoms with Gasteiger partial charge in [-0.05, 0) is 47.1 Å². The summed E-state index contributed by atoms with van der Waals surface area (Å²) in [5.74, 6) is -0.879. The summed E-state index contributed by atoms with van der Waals surface area (Å²) in [6.45, 7) is 0.784. The van der Waals surface area contributed by atoms with Gasteiger partial charge in [-0.2, -0.15) is 0 Å². The molecule has 6 aromatic rings. The molecule has 3 aliphatic rings. The molecule has 3 aliphatic heterocycles. The van der Waals surface area contributed by atoms with Crippen molar-refractivity contribution in [3.63, 3.8) is 0 Å². The van der Waals surface area contributed by atoms with Gasteiger partial charge in [-0.25, -0.2) is 4.98 Å². The molecule has 9 rings (SSSR count). The molecule has 0 bridgehead atoms. The zero-order valence-electron chi connectivity index (χ0n) is 34.7. The SMILES string of the molecule is CON=C(C(=O)NC1C(=O)N2CC(CC3CCCO3)(C(=O)OC(c3ccccc3)c3ccccc3)CS[C@H]12)c1csc(NC(c2ccccc2)(c2ccccc2)c2ccccc2)n1. The van der Waals surface area contributed by atoms with Crippen LogP contribution in [0.1, 0.15) is 58.9 Å². The van der Waals surface area contributed by atoms with E-state index in [-0.39, 0.29) is 35.9 Å². The topological polar surface area (TPSA) is 131 Å². The second kappa shape index (κ2) is 18.6. The molecule has 3 saturated heterocycles. The predicted octanol–water partition coefficient (Wildman–Crippen LogP) is 8.19. The van der Waals surface area contributed by atoms with Gasteiger partial charge in [0.15, 0.2) is 16.9 Å². The Morgan fingerprint density at radius 2 is 1.41 bits per heavy atom. The van der Waals surface area contributed by atoms with Crippen LogP contribution in [0, 0.1) is 5.41 Å². The normalized spacial score (nSPS) is 21.0. The fraction of sp³-hybridized carbons (Fsp3) is 0.260. The zero-order chi connectivity index (χ0) is 43.2. The third kappa shape index (κ3) is 8.48. The number of carbonyl (C=O) groups is 3. The highest BCUT2D eigenvalue weighted by Crippen LogP contribution is 2.47. The van der Waals surface area contributed by atoms with E-state index < -0.39 is 34.4 Å². The number of nitrogens with one attached hydrogen (secondary N) is 2. The molecule has 0 spiro atoms. The molecule has 320 valence electrons. The van der Waals surface area contributed by atoms with E-state index in [1.807, 2.05) is 115 Å². The smallest absolute Gasteiger partial charge is 0.315 e. The molecule has 4 atom stereocenters. The number of hydrogen-bond donors (Lipinski definition) is 2. The molecule has 0 radical (unpaired) electrons. The number of hydrogen-bond acceptors (Lipinski definition) is 11. The molecule has 3 unspecified atom stereocenters. The average molecular weight is 878 g/mol. The molecule has 5 aromatic carbocycles. The molecule has 3 fully saturated rings. The fourth-order valence-electron chi connectivity index (χ4n) is 8.90. The summed E-state index contributed by atoms with van der Waals surface area (Å²) in [6, 6.07) is 49.0. The lowest BCUT2D eigenvalue weighted by molar-refractivity contribution is -0.168. The quantitative estimate of drug-likeness (QED) is 0.0345. The van der Waals surface area contributed by atoms with Gasteiger partial charge in [-0.1, -0.05) is 157 Å². The summed E-state index contributed by atoms with van der Waals surface area (Å²) in [5, 5.41) is 12.7.